The highest BCUT2D eigenvalue weighted by Crippen LogP contribution is 2.35. The van der Waals surface area contributed by atoms with Gasteiger partial charge in [0.2, 0.25) is 0 Å². The van der Waals surface area contributed by atoms with Gasteiger partial charge in [-0.25, -0.2) is 4.79 Å². The molecule has 0 amide bonds. The number of rotatable bonds is 4. The van der Waals surface area contributed by atoms with Crippen molar-refractivity contribution in [2.75, 3.05) is 13.7 Å². The van der Waals surface area contributed by atoms with Gasteiger partial charge in [0.1, 0.15) is 11.5 Å². The van der Waals surface area contributed by atoms with Crippen LogP contribution in [0.25, 0.3) is 0 Å². The molecule has 15 heavy (non-hydrogen) atoms. The second-order valence-electron chi connectivity index (χ2n) is 2.60. The number of carboxylic acid groups (broad SMARTS) is 1. The van der Waals surface area contributed by atoms with Crippen LogP contribution in [0.5, 0.6) is 11.5 Å². The lowest BCUT2D eigenvalue weighted by Gasteiger charge is -2.09. The maximum Gasteiger partial charge on any atom is 0.341 e. The molecule has 0 aromatic heterocycles. The van der Waals surface area contributed by atoms with E-state index in [2.05, 4.69) is 31.9 Å². The van der Waals surface area contributed by atoms with Gasteiger partial charge in [-0.05, 0) is 44.0 Å². The van der Waals surface area contributed by atoms with E-state index in [4.69, 9.17) is 14.6 Å². The Hall–Kier alpha value is -0.750. The summed E-state index contributed by atoms with van der Waals surface area (Å²) in [5, 5.41) is 8.46. The quantitative estimate of drug-likeness (QED) is 0.916. The van der Waals surface area contributed by atoms with Gasteiger partial charge in [0.05, 0.1) is 16.1 Å². The van der Waals surface area contributed by atoms with Crippen LogP contribution in [0, 0.1) is 0 Å². The number of ether oxygens (including phenoxy) is 2. The highest BCUT2D eigenvalue weighted by atomic mass is 79.9. The van der Waals surface area contributed by atoms with E-state index in [9.17, 15) is 4.79 Å². The van der Waals surface area contributed by atoms with Crippen molar-refractivity contribution in [3.05, 3.63) is 21.1 Å². The Morgan fingerprint density at radius 1 is 1.33 bits per heavy atom. The lowest BCUT2D eigenvalue weighted by molar-refractivity contribution is -0.139. The van der Waals surface area contributed by atoms with E-state index in [1.54, 1.807) is 19.2 Å². The molecule has 0 unspecified atom stereocenters. The maximum atomic E-state index is 10.3. The lowest BCUT2D eigenvalue weighted by atomic mass is 10.3. The molecule has 0 fully saturated rings. The van der Waals surface area contributed by atoms with Crippen molar-refractivity contribution in [1.82, 2.24) is 0 Å². The fourth-order valence-electron chi connectivity index (χ4n) is 0.917. The number of hydrogen-bond donors (Lipinski definition) is 1. The van der Waals surface area contributed by atoms with Crippen LogP contribution in [0.4, 0.5) is 0 Å². The van der Waals surface area contributed by atoms with Crippen LogP contribution in [0.2, 0.25) is 0 Å². The molecule has 1 aromatic carbocycles. The minimum Gasteiger partial charge on any atom is -0.496 e. The van der Waals surface area contributed by atoms with Crippen molar-refractivity contribution in [1.29, 1.82) is 0 Å². The molecule has 0 heterocycles. The molecule has 0 aliphatic heterocycles. The normalized spacial score (nSPS) is 9.80. The molecule has 0 aliphatic carbocycles. The van der Waals surface area contributed by atoms with Crippen molar-refractivity contribution in [3.63, 3.8) is 0 Å². The molecule has 4 nitrogen and oxygen atoms in total. The van der Waals surface area contributed by atoms with Crippen LogP contribution < -0.4 is 9.47 Å². The second kappa shape index (κ2) is 5.37. The van der Waals surface area contributed by atoms with Crippen LogP contribution in [-0.2, 0) is 4.79 Å². The third-order valence-electron chi connectivity index (χ3n) is 1.56. The predicted octanol–water partition coefficient (Wildman–Crippen LogP) is 2.68. The molecule has 0 aliphatic rings. The van der Waals surface area contributed by atoms with E-state index >= 15 is 0 Å². The summed E-state index contributed by atoms with van der Waals surface area (Å²) < 4.78 is 11.4. The molecule has 0 radical (unpaired) electrons. The Morgan fingerprint density at radius 3 is 2.40 bits per heavy atom. The molecular formula is C9H8Br2O4. The summed E-state index contributed by atoms with van der Waals surface area (Å²) in [6.45, 7) is -0.378. The van der Waals surface area contributed by atoms with Crippen LogP contribution in [0.1, 0.15) is 0 Å². The highest BCUT2D eigenvalue weighted by Gasteiger charge is 2.09. The molecule has 82 valence electrons. The Morgan fingerprint density at radius 2 is 1.87 bits per heavy atom. The molecule has 0 saturated carbocycles. The highest BCUT2D eigenvalue weighted by molar-refractivity contribution is 9.11. The summed E-state index contributed by atoms with van der Waals surface area (Å²) in [4.78, 5) is 10.3. The van der Waals surface area contributed by atoms with E-state index in [0.717, 1.165) is 0 Å². The summed E-state index contributed by atoms with van der Waals surface area (Å²) in [7, 11) is 1.55. The van der Waals surface area contributed by atoms with Crippen molar-refractivity contribution < 1.29 is 19.4 Å². The first-order valence-electron chi connectivity index (χ1n) is 3.92. The SMILES string of the molecule is COc1cc(Br)c(OCC(=O)O)cc1Br. The van der Waals surface area contributed by atoms with Gasteiger partial charge in [-0.2, -0.15) is 0 Å². The van der Waals surface area contributed by atoms with E-state index in [0.29, 0.717) is 20.4 Å². The zero-order valence-electron chi connectivity index (χ0n) is 7.79. The fraction of sp³-hybridized carbons (Fsp3) is 0.222. The second-order valence-corrected chi connectivity index (χ2v) is 4.31. The Labute approximate surface area is 103 Å². The summed E-state index contributed by atoms with van der Waals surface area (Å²) >= 11 is 6.53. The molecule has 0 bridgehead atoms. The molecule has 1 N–H and O–H groups in total. The summed E-state index contributed by atoms with van der Waals surface area (Å²) in [5.74, 6) is 0.0727. The zero-order chi connectivity index (χ0) is 11.4. The van der Waals surface area contributed by atoms with Crippen LogP contribution in [0.3, 0.4) is 0 Å². The molecular weight excluding hydrogens is 332 g/mol. The molecule has 0 saturated heterocycles. The number of methoxy groups -OCH3 is 1. The summed E-state index contributed by atoms with van der Waals surface area (Å²) in [6, 6.07) is 3.34. The number of hydrogen-bond acceptors (Lipinski definition) is 3. The van der Waals surface area contributed by atoms with Gasteiger partial charge in [-0.15, -0.1) is 0 Å². The number of halogens is 2. The van der Waals surface area contributed by atoms with E-state index in [1.165, 1.54) is 0 Å². The minimum absolute atomic E-state index is 0.378. The largest absolute Gasteiger partial charge is 0.496 e. The Kier molecular flexibility index (Phi) is 4.41. The third-order valence-corrected chi connectivity index (χ3v) is 2.80. The molecule has 0 spiro atoms. The average Bonchev–Trinajstić information content (AvgIpc) is 2.18. The Bertz CT molecular complexity index is 379. The molecule has 6 heteroatoms. The smallest absolute Gasteiger partial charge is 0.341 e. The first kappa shape index (κ1) is 12.3. The van der Waals surface area contributed by atoms with Gasteiger partial charge in [-0.3, -0.25) is 0 Å². The van der Waals surface area contributed by atoms with Gasteiger partial charge in [0.15, 0.2) is 6.61 Å². The number of carboxylic acids is 1. The van der Waals surface area contributed by atoms with Gasteiger partial charge in [0, 0.05) is 0 Å². The van der Waals surface area contributed by atoms with E-state index < -0.39 is 5.97 Å². The van der Waals surface area contributed by atoms with Gasteiger partial charge in [0.25, 0.3) is 0 Å². The standard InChI is InChI=1S/C9H8Br2O4/c1-14-7-2-6(11)8(3-5(7)10)15-4-9(12)13/h2-3H,4H2,1H3,(H,12,13). The van der Waals surface area contributed by atoms with Gasteiger partial charge >= 0.3 is 5.97 Å². The first-order valence-corrected chi connectivity index (χ1v) is 5.51. The Balaban J connectivity index is 2.90. The van der Waals surface area contributed by atoms with Crippen LogP contribution in [-0.4, -0.2) is 24.8 Å². The number of benzene rings is 1. The van der Waals surface area contributed by atoms with Crippen molar-refractivity contribution in [3.8, 4) is 11.5 Å². The average molecular weight is 340 g/mol. The lowest BCUT2D eigenvalue weighted by Crippen LogP contribution is -2.09. The summed E-state index contributed by atoms with van der Waals surface area (Å²) in [5.41, 5.74) is 0. The monoisotopic (exact) mass is 338 g/mol. The van der Waals surface area contributed by atoms with Crippen molar-refractivity contribution in [2.45, 2.75) is 0 Å². The van der Waals surface area contributed by atoms with Crippen LogP contribution >= 0.6 is 31.9 Å². The van der Waals surface area contributed by atoms with Gasteiger partial charge in [-0.1, -0.05) is 0 Å². The third kappa shape index (κ3) is 3.39. The predicted molar refractivity (Wildman–Crippen MR) is 61.5 cm³/mol. The minimum atomic E-state index is -1.02. The fourth-order valence-corrected chi connectivity index (χ4v) is 1.84. The number of aliphatic carboxylic acids is 1. The maximum absolute atomic E-state index is 10.3. The molecule has 1 aromatic rings. The molecule has 0 atom stereocenters. The van der Waals surface area contributed by atoms with Crippen molar-refractivity contribution in [2.24, 2.45) is 0 Å². The van der Waals surface area contributed by atoms with Crippen molar-refractivity contribution >= 4 is 37.8 Å². The van der Waals surface area contributed by atoms with Crippen LogP contribution in [0.15, 0.2) is 21.1 Å². The first-order chi connectivity index (χ1) is 7.04. The topological polar surface area (TPSA) is 55.8 Å². The summed E-state index contributed by atoms with van der Waals surface area (Å²) in [6.07, 6.45) is 0. The molecule has 1 rings (SSSR count). The van der Waals surface area contributed by atoms with E-state index in [-0.39, 0.29) is 6.61 Å². The number of carbonyl (C=O) groups is 1. The van der Waals surface area contributed by atoms with E-state index in [1.807, 2.05) is 0 Å². The van der Waals surface area contributed by atoms with Gasteiger partial charge < -0.3 is 14.6 Å². The zero-order valence-corrected chi connectivity index (χ0v) is 11.0.